The maximum atomic E-state index is 11.6. The zero-order valence-electron chi connectivity index (χ0n) is 16.4. The van der Waals surface area contributed by atoms with Crippen LogP contribution >= 0.6 is 0 Å². The van der Waals surface area contributed by atoms with Gasteiger partial charge in [0, 0.05) is 12.7 Å². The summed E-state index contributed by atoms with van der Waals surface area (Å²) in [5.74, 6) is 0.530. The Bertz CT molecular complexity index is 685. The summed E-state index contributed by atoms with van der Waals surface area (Å²) in [5, 5.41) is 11.1. The standard InChI is InChI=1S/C20H25NO3.CH4O/c1-7-17(12-11-14(2)3)16(5)24-21-15(4)18-9-8-10-19(13-18)20(22)23-6;1-2/h7-14H,5H2,1-4,6H3;2H,1H3/b12-11-,17-7+,21-15+;. The molecule has 0 atom stereocenters. The molecule has 1 rings (SSSR count). The van der Waals surface area contributed by atoms with Crippen molar-refractivity contribution in [3.05, 3.63) is 71.5 Å². The van der Waals surface area contributed by atoms with E-state index in [2.05, 4.69) is 31.7 Å². The molecule has 0 saturated carbocycles. The van der Waals surface area contributed by atoms with Crippen LogP contribution in [0.3, 0.4) is 0 Å². The molecule has 0 aliphatic rings. The molecule has 0 amide bonds. The molecule has 0 aliphatic carbocycles. The number of hydrogen-bond donors (Lipinski definition) is 1. The second kappa shape index (κ2) is 12.7. The average Bonchev–Trinajstić information content (AvgIpc) is 2.67. The van der Waals surface area contributed by atoms with E-state index in [1.165, 1.54) is 7.11 Å². The van der Waals surface area contributed by atoms with Crippen molar-refractivity contribution >= 4 is 11.7 Å². The molecule has 5 nitrogen and oxygen atoms in total. The molecule has 0 aromatic heterocycles. The van der Waals surface area contributed by atoms with Crippen LogP contribution in [0.2, 0.25) is 0 Å². The van der Waals surface area contributed by atoms with Gasteiger partial charge >= 0.3 is 5.97 Å². The van der Waals surface area contributed by atoms with Crippen molar-refractivity contribution < 1.29 is 19.5 Å². The molecule has 0 unspecified atom stereocenters. The van der Waals surface area contributed by atoms with Gasteiger partial charge in [-0.15, -0.1) is 0 Å². The van der Waals surface area contributed by atoms with Gasteiger partial charge in [0.05, 0.1) is 18.4 Å². The van der Waals surface area contributed by atoms with Gasteiger partial charge in [-0.05, 0) is 37.5 Å². The van der Waals surface area contributed by atoms with Gasteiger partial charge in [-0.25, -0.2) is 4.79 Å². The fourth-order valence-electron chi connectivity index (χ4n) is 1.86. The maximum Gasteiger partial charge on any atom is 0.337 e. The van der Waals surface area contributed by atoms with Gasteiger partial charge in [0.2, 0.25) is 0 Å². The topological polar surface area (TPSA) is 68.1 Å². The van der Waals surface area contributed by atoms with E-state index in [0.717, 1.165) is 18.2 Å². The summed E-state index contributed by atoms with van der Waals surface area (Å²) in [4.78, 5) is 17.0. The molecule has 26 heavy (non-hydrogen) atoms. The van der Waals surface area contributed by atoms with E-state index in [-0.39, 0.29) is 5.97 Å². The van der Waals surface area contributed by atoms with Crippen LogP contribution < -0.4 is 0 Å². The third-order valence-electron chi connectivity index (χ3n) is 3.29. The molecule has 1 aromatic carbocycles. The Morgan fingerprint density at radius 2 is 1.88 bits per heavy atom. The summed E-state index contributed by atoms with van der Waals surface area (Å²) in [5.41, 5.74) is 2.77. The lowest BCUT2D eigenvalue weighted by molar-refractivity contribution is 0.0600. The number of benzene rings is 1. The van der Waals surface area contributed by atoms with E-state index in [9.17, 15) is 4.79 Å². The lowest BCUT2D eigenvalue weighted by atomic mass is 10.1. The summed E-state index contributed by atoms with van der Waals surface area (Å²) in [6.07, 6.45) is 5.96. The molecule has 142 valence electrons. The minimum absolute atomic E-state index is 0.384. The van der Waals surface area contributed by atoms with Crippen LogP contribution in [0.4, 0.5) is 0 Å². The summed E-state index contributed by atoms with van der Waals surface area (Å²) < 4.78 is 4.72. The number of allylic oxidation sites excluding steroid dienone is 3. The smallest absolute Gasteiger partial charge is 0.337 e. The van der Waals surface area contributed by atoms with Crippen LogP contribution in [-0.2, 0) is 9.57 Å². The first-order chi connectivity index (χ1) is 12.4. The molecule has 0 aliphatic heterocycles. The Balaban J connectivity index is 0.00000301. The van der Waals surface area contributed by atoms with Crippen molar-refractivity contribution in [3.8, 4) is 0 Å². The van der Waals surface area contributed by atoms with Crippen molar-refractivity contribution in [3.63, 3.8) is 0 Å². The summed E-state index contributed by atoms with van der Waals surface area (Å²) in [6.45, 7) is 11.8. The number of methoxy groups -OCH3 is 1. The number of nitrogens with zero attached hydrogens (tertiary/aromatic N) is 1. The van der Waals surface area contributed by atoms with Crippen LogP contribution in [0.1, 0.15) is 43.6 Å². The van der Waals surface area contributed by atoms with Crippen molar-refractivity contribution in [2.24, 2.45) is 11.1 Å². The van der Waals surface area contributed by atoms with E-state index in [1.807, 2.05) is 32.1 Å². The monoisotopic (exact) mass is 359 g/mol. The third kappa shape index (κ3) is 7.94. The summed E-state index contributed by atoms with van der Waals surface area (Å²) >= 11 is 0. The molecule has 0 bridgehead atoms. The molecule has 0 saturated heterocycles. The second-order valence-corrected chi connectivity index (χ2v) is 5.61. The molecule has 0 spiro atoms. The predicted molar refractivity (Wildman–Crippen MR) is 106 cm³/mol. The molecule has 0 heterocycles. The first kappa shape index (κ1) is 23.3. The van der Waals surface area contributed by atoms with Crippen molar-refractivity contribution in [2.45, 2.75) is 27.7 Å². The number of carbonyl (C=O) groups is 1. The Labute approximate surface area is 156 Å². The van der Waals surface area contributed by atoms with Crippen molar-refractivity contribution in [1.82, 2.24) is 0 Å². The van der Waals surface area contributed by atoms with Gasteiger partial charge in [-0.1, -0.05) is 55.9 Å². The minimum atomic E-state index is -0.384. The highest BCUT2D eigenvalue weighted by molar-refractivity contribution is 6.00. The van der Waals surface area contributed by atoms with Gasteiger partial charge in [-0.3, -0.25) is 0 Å². The van der Waals surface area contributed by atoms with Gasteiger partial charge < -0.3 is 14.7 Å². The number of carbonyl (C=O) groups excluding carboxylic acids is 1. The minimum Gasteiger partial charge on any atom is -0.465 e. The number of oxime groups is 1. The molecule has 0 fully saturated rings. The quantitative estimate of drug-likeness (QED) is 0.256. The lowest BCUT2D eigenvalue weighted by Crippen LogP contribution is -2.04. The highest BCUT2D eigenvalue weighted by atomic mass is 16.6. The Morgan fingerprint density at radius 1 is 1.27 bits per heavy atom. The number of ether oxygens (including phenoxy) is 1. The lowest BCUT2D eigenvalue weighted by Gasteiger charge is -2.07. The highest BCUT2D eigenvalue weighted by Crippen LogP contribution is 2.14. The number of rotatable bonds is 7. The number of hydrogen-bond acceptors (Lipinski definition) is 5. The Morgan fingerprint density at radius 3 is 2.42 bits per heavy atom. The summed E-state index contributed by atoms with van der Waals surface area (Å²) in [6, 6.07) is 7.04. The first-order valence-electron chi connectivity index (χ1n) is 8.28. The Hall–Kier alpha value is -2.66. The second-order valence-electron chi connectivity index (χ2n) is 5.61. The zero-order chi connectivity index (χ0) is 20.1. The third-order valence-corrected chi connectivity index (χ3v) is 3.29. The van der Waals surface area contributed by atoms with E-state index in [4.69, 9.17) is 14.7 Å². The predicted octanol–water partition coefficient (Wildman–Crippen LogP) is 4.49. The number of esters is 1. The molecule has 0 radical (unpaired) electrons. The first-order valence-corrected chi connectivity index (χ1v) is 8.28. The van der Waals surface area contributed by atoms with Crippen LogP contribution in [0, 0.1) is 5.92 Å². The van der Waals surface area contributed by atoms with E-state index in [1.54, 1.807) is 18.2 Å². The van der Waals surface area contributed by atoms with Crippen LogP contribution in [0.5, 0.6) is 0 Å². The molecular formula is C21H29NO4. The maximum absolute atomic E-state index is 11.6. The number of aliphatic hydroxyl groups excluding tert-OH is 1. The Kier molecular flexibility index (Phi) is 11.4. The van der Waals surface area contributed by atoms with E-state index in [0.29, 0.717) is 23.0 Å². The van der Waals surface area contributed by atoms with Gasteiger partial charge in [0.1, 0.15) is 0 Å². The van der Waals surface area contributed by atoms with Crippen molar-refractivity contribution in [1.29, 1.82) is 0 Å². The molecule has 1 aromatic rings. The van der Waals surface area contributed by atoms with E-state index >= 15 is 0 Å². The fraction of sp³-hybridized carbons (Fsp3) is 0.333. The number of aliphatic hydroxyl groups is 1. The van der Waals surface area contributed by atoms with Crippen LogP contribution in [0.15, 0.2) is 65.6 Å². The molecule has 1 N–H and O–H groups in total. The van der Waals surface area contributed by atoms with Gasteiger partial charge in [0.15, 0.2) is 5.76 Å². The highest BCUT2D eigenvalue weighted by Gasteiger charge is 2.08. The van der Waals surface area contributed by atoms with Gasteiger partial charge in [-0.2, -0.15) is 0 Å². The largest absolute Gasteiger partial charge is 0.465 e. The van der Waals surface area contributed by atoms with Crippen molar-refractivity contribution in [2.75, 3.05) is 14.2 Å². The van der Waals surface area contributed by atoms with E-state index < -0.39 is 0 Å². The van der Waals surface area contributed by atoms with Crippen LogP contribution in [-0.4, -0.2) is 31.0 Å². The molecule has 5 heteroatoms. The molecular weight excluding hydrogens is 330 g/mol. The normalized spacial score (nSPS) is 11.8. The SMILES string of the molecule is C=C(O/N=C(\C)c1cccc(C(=O)OC)c1)C(/C=C\C(C)C)=C/C.CO. The average molecular weight is 359 g/mol. The zero-order valence-corrected chi connectivity index (χ0v) is 16.4. The summed E-state index contributed by atoms with van der Waals surface area (Å²) in [7, 11) is 2.35. The van der Waals surface area contributed by atoms with Gasteiger partial charge in [0.25, 0.3) is 0 Å². The van der Waals surface area contributed by atoms with Crippen LogP contribution in [0.25, 0.3) is 0 Å². The fourth-order valence-corrected chi connectivity index (χ4v) is 1.86.